The van der Waals surface area contributed by atoms with Gasteiger partial charge in [0.1, 0.15) is 5.82 Å². The van der Waals surface area contributed by atoms with Crippen molar-refractivity contribution in [3.05, 3.63) is 76.0 Å². The number of hydrogen-bond acceptors (Lipinski definition) is 3. The molecule has 0 saturated heterocycles. The van der Waals surface area contributed by atoms with Gasteiger partial charge in [0.05, 0.1) is 16.9 Å². The summed E-state index contributed by atoms with van der Waals surface area (Å²) >= 11 is 0. The van der Waals surface area contributed by atoms with Crippen LogP contribution in [0.4, 0.5) is 0 Å². The van der Waals surface area contributed by atoms with Gasteiger partial charge in [-0.05, 0) is 43.0 Å². The SMILES string of the molecule is O=C(CCc1nc2ccccc2c(=O)[nH]1)N[C@H]1CCCc2c1[nH]c1ccccc21. The lowest BCUT2D eigenvalue weighted by Crippen LogP contribution is -2.31. The molecule has 0 unspecified atom stereocenters. The van der Waals surface area contributed by atoms with Crippen LogP contribution in [0.3, 0.4) is 0 Å². The number of aryl methyl sites for hydroxylation is 2. The first kappa shape index (κ1) is 17.7. The van der Waals surface area contributed by atoms with E-state index in [2.05, 4.69) is 38.5 Å². The number of rotatable bonds is 4. The standard InChI is InChI=1S/C23H22N4O2/c28-21(13-12-20-24-18-10-4-2-7-16(18)23(29)27-20)25-19-11-5-8-15-14-6-1-3-9-17(14)26-22(15)19/h1-4,6-7,9-10,19,26H,5,8,11-13H2,(H,25,28)(H,24,27,29)/t19-/m0/s1. The van der Waals surface area contributed by atoms with Crippen molar-refractivity contribution < 1.29 is 4.79 Å². The van der Waals surface area contributed by atoms with E-state index < -0.39 is 0 Å². The second-order valence-corrected chi connectivity index (χ2v) is 7.60. The summed E-state index contributed by atoms with van der Waals surface area (Å²) in [5.74, 6) is 0.510. The van der Waals surface area contributed by atoms with Crippen molar-refractivity contribution in [2.75, 3.05) is 0 Å². The Bertz CT molecular complexity index is 1270. The van der Waals surface area contributed by atoms with Crippen LogP contribution in [0.5, 0.6) is 0 Å². The van der Waals surface area contributed by atoms with Crippen molar-refractivity contribution in [2.24, 2.45) is 0 Å². The van der Waals surface area contributed by atoms with E-state index in [-0.39, 0.29) is 23.9 Å². The van der Waals surface area contributed by atoms with E-state index in [9.17, 15) is 9.59 Å². The van der Waals surface area contributed by atoms with Crippen LogP contribution in [0.1, 0.15) is 42.4 Å². The Labute approximate surface area is 167 Å². The number of aromatic amines is 2. The molecule has 29 heavy (non-hydrogen) atoms. The molecule has 6 heteroatoms. The van der Waals surface area contributed by atoms with Crippen molar-refractivity contribution in [3.8, 4) is 0 Å². The number of nitrogens with zero attached hydrogens (tertiary/aromatic N) is 1. The van der Waals surface area contributed by atoms with Crippen LogP contribution in [-0.4, -0.2) is 20.9 Å². The van der Waals surface area contributed by atoms with Crippen molar-refractivity contribution in [1.82, 2.24) is 20.3 Å². The number of para-hydroxylation sites is 2. The summed E-state index contributed by atoms with van der Waals surface area (Å²) in [6, 6.07) is 15.5. The number of hydrogen-bond donors (Lipinski definition) is 3. The summed E-state index contributed by atoms with van der Waals surface area (Å²) in [5, 5.41) is 4.98. The number of fused-ring (bicyclic) bond motifs is 4. The molecule has 146 valence electrons. The average Bonchev–Trinajstić information content (AvgIpc) is 3.12. The fourth-order valence-corrected chi connectivity index (χ4v) is 4.31. The van der Waals surface area contributed by atoms with Crippen molar-refractivity contribution in [1.29, 1.82) is 0 Å². The van der Waals surface area contributed by atoms with Crippen molar-refractivity contribution in [3.63, 3.8) is 0 Å². The summed E-state index contributed by atoms with van der Waals surface area (Å²) in [7, 11) is 0. The van der Waals surface area contributed by atoms with Crippen LogP contribution < -0.4 is 10.9 Å². The van der Waals surface area contributed by atoms with Gasteiger partial charge < -0.3 is 15.3 Å². The topological polar surface area (TPSA) is 90.6 Å². The molecule has 0 aliphatic heterocycles. The molecule has 0 spiro atoms. The van der Waals surface area contributed by atoms with Crippen molar-refractivity contribution in [2.45, 2.75) is 38.1 Å². The first-order valence-corrected chi connectivity index (χ1v) is 10.1. The van der Waals surface area contributed by atoms with E-state index in [4.69, 9.17) is 0 Å². The van der Waals surface area contributed by atoms with Gasteiger partial charge in [0, 0.05) is 29.4 Å². The maximum absolute atomic E-state index is 12.6. The van der Waals surface area contributed by atoms with Gasteiger partial charge in [0.15, 0.2) is 0 Å². The zero-order chi connectivity index (χ0) is 19.8. The van der Waals surface area contributed by atoms with Crippen LogP contribution in [0.15, 0.2) is 53.3 Å². The summed E-state index contributed by atoms with van der Waals surface area (Å²) in [4.78, 5) is 35.6. The molecule has 6 nitrogen and oxygen atoms in total. The van der Waals surface area contributed by atoms with E-state index in [0.29, 0.717) is 23.1 Å². The Balaban J connectivity index is 1.30. The average molecular weight is 386 g/mol. The maximum atomic E-state index is 12.6. The predicted octanol–water partition coefficient (Wildman–Crippen LogP) is 3.53. The van der Waals surface area contributed by atoms with Gasteiger partial charge in [-0.15, -0.1) is 0 Å². The number of H-pyrrole nitrogens is 2. The molecule has 2 aromatic heterocycles. The molecule has 1 aliphatic carbocycles. The molecule has 2 aromatic carbocycles. The van der Waals surface area contributed by atoms with E-state index in [0.717, 1.165) is 30.5 Å². The Hall–Kier alpha value is -3.41. The molecule has 0 saturated carbocycles. The Morgan fingerprint density at radius 2 is 1.86 bits per heavy atom. The molecule has 0 fully saturated rings. The lowest BCUT2D eigenvalue weighted by atomic mass is 9.91. The first-order valence-electron chi connectivity index (χ1n) is 10.1. The third-order valence-electron chi connectivity index (χ3n) is 5.70. The van der Waals surface area contributed by atoms with Crippen molar-refractivity contribution >= 4 is 27.7 Å². The minimum absolute atomic E-state index is 0.00209. The highest BCUT2D eigenvalue weighted by Gasteiger charge is 2.25. The highest BCUT2D eigenvalue weighted by molar-refractivity contribution is 5.85. The molecule has 1 atom stereocenters. The fourth-order valence-electron chi connectivity index (χ4n) is 4.31. The van der Waals surface area contributed by atoms with Gasteiger partial charge in [-0.2, -0.15) is 0 Å². The van der Waals surface area contributed by atoms with Gasteiger partial charge in [0.2, 0.25) is 5.91 Å². The van der Waals surface area contributed by atoms with Crippen LogP contribution in [0.25, 0.3) is 21.8 Å². The summed E-state index contributed by atoms with van der Waals surface area (Å²) < 4.78 is 0. The lowest BCUT2D eigenvalue weighted by molar-refractivity contribution is -0.122. The van der Waals surface area contributed by atoms with Gasteiger partial charge in [-0.25, -0.2) is 4.98 Å². The lowest BCUT2D eigenvalue weighted by Gasteiger charge is -2.23. The molecular formula is C23H22N4O2. The predicted molar refractivity (Wildman–Crippen MR) is 113 cm³/mol. The van der Waals surface area contributed by atoms with Crippen LogP contribution in [0.2, 0.25) is 0 Å². The minimum atomic E-state index is -0.166. The third-order valence-corrected chi connectivity index (χ3v) is 5.70. The largest absolute Gasteiger partial charge is 0.356 e. The third kappa shape index (κ3) is 3.31. The van der Waals surface area contributed by atoms with Gasteiger partial charge >= 0.3 is 0 Å². The highest BCUT2D eigenvalue weighted by Crippen LogP contribution is 2.34. The fraction of sp³-hybridized carbons (Fsp3) is 0.261. The molecule has 3 N–H and O–H groups in total. The van der Waals surface area contributed by atoms with E-state index >= 15 is 0 Å². The maximum Gasteiger partial charge on any atom is 0.258 e. The molecule has 2 heterocycles. The van der Waals surface area contributed by atoms with Crippen LogP contribution in [0, 0.1) is 0 Å². The highest BCUT2D eigenvalue weighted by atomic mass is 16.1. The second-order valence-electron chi connectivity index (χ2n) is 7.60. The molecule has 1 amide bonds. The number of nitrogens with one attached hydrogen (secondary N) is 3. The van der Waals surface area contributed by atoms with E-state index in [1.54, 1.807) is 6.07 Å². The monoisotopic (exact) mass is 386 g/mol. The quantitative estimate of drug-likeness (QED) is 0.501. The zero-order valence-corrected chi connectivity index (χ0v) is 16.0. The molecular weight excluding hydrogens is 364 g/mol. The number of carbonyl (C=O) groups excluding carboxylic acids is 1. The number of amides is 1. The van der Waals surface area contributed by atoms with Crippen LogP contribution in [-0.2, 0) is 17.6 Å². The van der Waals surface area contributed by atoms with Gasteiger partial charge in [-0.3, -0.25) is 9.59 Å². The van der Waals surface area contributed by atoms with E-state index in [1.807, 2.05) is 24.3 Å². The van der Waals surface area contributed by atoms with Crippen LogP contribution >= 0.6 is 0 Å². The first-order chi connectivity index (χ1) is 14.2. The normalized spacial score (nSPS) is 16.1. The van der Waals surface area contributed by atoms with Gasteiger partial charge in [0.25, 0.3) is 5.56 Å². The minimum Gasteiger partial charge on any atom is -0.356 e. The Morgan fingerprint density at radius 3 is 2.76 bits per heavy atom. The zero-order valence-electron chi connectivity index (χ0n) is 16.0. The number of aromatic nitrogens is 3. The second kappa shape index (κ2) is 7.20. The molecule has 0 bridgehead atoms. The Kier molecular flexibility index (Phi) is 4.39. The Morgan fingerprint density at radius 1 is 1.07 bits per heavy atom. The molecule has 0 radical (unpaired) electrons. The van der Waals surface area contributed by atoms with E-state index in [1.165, 1.54) is 10.9 Å². The smallest absolute Gasteiger partial charge is 0.258 e. The number of carbonyl (C=O) groups is 1. The number of benzene rings is 2. The van der Waals surface area contributed by atoms with Gasteiger partial charge in [-0.1, -0.05) is 30.3 Å². The molecule has 5 rings (SSSR count). The summed E-state index contributed by atoms with van der Waals surface area (Å²) in [5.41, 5.74) is 4.06. The molecule has 1 aliphatic rings. The summed E-state index contributed by atoms with van der Waals surface area (Å²) in [6.07, 6.45) is 3.70. The molecule has 4 aromatic rings. The summed E-state index contributed by atoms with van der Waals surface area (Å²) in [6.45, 7) is 0.